The van der Waals surface area contributed by atoms with E-state index in [0.717, 1.165) is 12.5 Å². The molecule has 6 heteroatoms. The van der Waals surface area contributed by atoms with Gasteiger partial charge in [-0.15, -0.1) is 0 Å². The molecule has 0 saturated heterocycles. The van der Waals surface area contributed by atoms with Crippen LogP contribution in [0.15, 0.2) is 49.0 Å². The van der Waals surface area contributed by atoms with Gasteiger partial charge in [-0.1, -0.05) is 13.2 Å². The van der Waals surface area contributed by atoms with Crippen LogP contribution in [0.2, 0.25) is 0 Å². The highest BCUT2D eigenvalue weighted by Gasteiger charge is 1.93. The molecule has 0 aromatic rings. The second kappa shape index (κ2) is 8.11. The maximum atomic E-state index is 11.0. The lowest BCUT2D eigenvalue weighted by Crippen LogP contribution is -1.72. The Morgan fingerprint density at radius 2 is 1.44 bits per heavy atom. The SMILES string of the molecule is C=C(C#N)C=CO[PH](=O)OC=CC(=C)C#N. The molecule has 0 bridgehead atoms. The second-order valence-electron chi connectivity index (χ2n) is 2.37. The molecule has 0 unspecified atom stereocenters. The van der Waals surface area contributed by atoms with Gasteiger partial charge in [-0.05, 0) is 12.2 Å². The van der Waals surface area contributed by atoms with Gasteiger partial charge in [0.05, 0.1) is 24.7 Å². The van der Waals surface area contributed by atoms with Gasteiger partial charge in [0.15, 0.2) is 0 Å². The van der Waals surface area contributed by atoms with Crippen LogP contribution >= 0.6 is 8.25 Å². The second-order valence-corrected chi connectivity index (χ2v) is 3.34. The van der Waals surface area contributed by atoms with E-state index in [1.807, 2.05) is 0 Å². The number of nitrogens with zero attached hydrogens (tertiary/aromatic N) is 2. The molecule has 0 aliphatic heterocycles. The van der Waals surface area contributed by atoms with Gasteiger partial charge in [-0.25, -0.2) is 4.57 Å². The number of hydrogen-bond donors (Lipinski definition) is 0. The van der Waals surface area contributed by atoms with Crippen molar-refractivity contribution in [1.82, 2.24) is 0 Å². The Bertz CT molecular complexity index is 398. The molecule has 16 heavy (non-hydrogen) atoms. The van der Waals surface area contributed by atoms with Crippen molar-refractivity contribution in [3.05, 3.63) is 49.0 Å². The van der Waals surface area contributed by atoms with Crippen LogP contribution in [0, 0.1) is 22.7 Å². The molecule has 0 atom stereocenters. The first-order chi connectivity index (χ1) is 7.60. The first-order valence-electron chi connectivity index (χ1n) is 3.98. The molecule has 0 aliphatic rings. The van der Waals surface area contributed by atoms with E-state index in [2.05, 4.69) is 22.2 Å². The smallest absolute Gasteiger partial charge is 0.417 e. The topological polar surface area (TPSA) is 83.1 Å². The molecule has 0 N–H and O–H groups in total. The summed E-state index contributed by atoms with van der Waals surface area (Å²) in [6.07, 6.45) is 4.62. The lowest BCUT2D eigenvalue weighted by atomic mass is 10.3. The standard InChI is InChI=1S/C10H9N2O3P/c1-9(7-11)3-5-14-16(13)15-6-4-10(2)8-12/h3-6,16H,1-2H2. The molecular formula is C10H9N2O3P. The molecule has 0 amide bonds. The third-order valence-electron chi connectivity index (χ3n) is 1.15. The van der Waals surface area contributed by atoms with Gasteiger partial charge < -0.3 is 9.05 Å². The highest BCUT2D eigenvalue weighted by molar-refractivity contribution is 7.33. The van der Waals surface area contributed by atoms with Crippen LogP contribution in [0.3, 0.4) is 0 Å². The van der Waals surface area contributed by atoms with Crippen LogP contribution in [0.1, 0.15) is 0 Å². The molecule has 0 aromatic heterocycles. The lowest BCUT2D eigenvalue weighted by Gasteiger charge is -1.98. The third-order valence-corrected chi connectivity index (χ3v) is 1.81. The lowest BCUT2D eigenvalue weighted by molar-refractivity contribution is 0.356. The largest absolute Gasteiger partial charge is 0.426 e. The third kappa shape index (κ3) is 7.20. The van der Waals surface area contributed by atoms with Crippen molar-refractivity contribution in [3.8, 4) is 12.1 Å². The van der Waals surface area contributed by atoms with Gasteiger partial charge in [-0.2, -0.15) is 10.5 Å². The fraction of sp³-hybridized carbons (Fsp3) is 0. The van der Waals surface area contributed by atoms with Gasteiger partial charge in [0.25, 0.3) is 0 Å². The molecule has 0 saturated carbocycles. The van der Waals surface area contributed by atoms with E-state index in [9.17, 15) is 4.57 Å². The van der Waals surface area contributed by atoms with E-state index < -0.39 is 8.25 Å². The van der Waals surface area contributed by atoms with Crippen LogP contribution in [0.5, 0.6) is 0 Å². The van der Waals surface area contributed by atoms with Crippen molar-refractivity contribution in [1.29, 1.82) is 10.5 Å². The molecular weight excluding hydrogens is 227 g/mol. The molecule has 0 rings (SSSR count). The molecule has 0 aromatic carbocycles. The summed E-state index contributed by atoms with van der Waals surface area (Å²) in [5.41, 5.74) is 0.339. The van der Waals surface area contributed by atoms with Crippen molar-refractivity contribution in [3.63, 3.8) is 0 Å². The predicted molar refractivity (Wildman–Crippen MR) is 59.0 cm³/mol. The number of allylic oxidation sites excluding steroid dienone is 4. The van der Waals surface area contributed by atoms with Gasteiger partial charge in [0.1, 0.15) is 0 Å². The normalized spacial score (nSPS) is 11.6. The fourth-order valence-corrected chi connectivity index (χ4v) is 0.860. The molecule has 82 valence electrons. The molecule has 0 fully saturated rings. The average Bonchev–Trinajstić information content (AvgIpc) is 2.28. The van der Waals surface area contributed by atoms with Crippen molar-refractivity contribution < 1.29 is 13.6 Å². The van der Waals surface area contributed by atoms with Crippen LogP contribution in [-0.4, -0.2) is 0 Å². The Balaban J connectivity index is 3.95. The summed E-state index contributed by atoms with van der Waals surface area (Å²) in [6, 6.07) is 3.50. The molecule has 5 nitrogen and oxygen atoms in total. The van der Waals surface area contributed by atoms with E-state index in [1.165, 1.54) is 12.2 Å². The number of rotatable bonds is 6. The van der Waals surface area contributed by atoms with Crippen molar-refractivity contribution in [2.24, 2.45) is 0 Å². The van der Waals surface area contributed by atoms with Crippen LogP contribution < -0.4 is 0 Å². The Hall–Kier alpha value is -2.23. The van der Waals surface area contributed by atoms with E-state index in [4.69, 9.17) is 10.5 Å². The van der Waals surface area contributed by atoms with Gasteiger partial charge >= 0.3 is 8.25 Å². The zero-order chi connectivity index (χ0) is 12.4. The Morgan fingerprint density at radius 3 is 1.75 bits per heavy atom. The minimum atomic E-state index is -2.72. The van der Waals surface area contributed by atoms with Crippen LogP contribution in [0.25, 0.3) is 0 Å². The van der Waals surface area contributed by atoms with E-state index in [-0.39, 0.29) is 11.1 Å². The zero-order valence-electron chi connectivity index (χ0n) is 8.34. The summed E-state index contributed by atoms with van der Waals surface area (Å²) in [7, 11) is -2.72. The maximum Gasteiger partial charge on any atom is 0.417 e. The van der Waals surface area contributed by atoms with Crippen molar-refractivity contribution in [2.45, 2.75) is 0 Å². The Labute approximate surface area is 94.2 Å². The number of nitriles is 2. The van der Waals surface area contributed by atoms with E-state index in [1.54, 1.807) is 12.1 Å². The van der Waals surface area contributed by atoms with E-state index in [0.29, 0.717) is 0 Å². The molecule has 0 aliphatic carbocycles. The zero-order valence-corrected chi connectivity index (χ0v) is 9.34. The summed E-state index contributed by atoms with van der Waals surface area (Å²) >= 11 is 0. The first-order valence-corrected chi connectivity index (χ1v) is 5.21. The quantitative estimate of drug-likeness (QED) is 0.306. The monoisotopic (exact) mass is 236 g/mol. The van der Waals surface area contributed by atoms with Crippen LogP contribution in [0.4, 0.5) is 0 Å². The molecule has 0 radical (unpaired) electrons. The van der Waals surface area contributed by atoms with Crippen LogP contribution in [-0.2, 0) is 13.6 Å². The Kier molecular flexibility index (Phi) is 6.98. The minimum Gasteiger partial charge on any atom is -0.426 e. The molecule has 0 heterocycles. The first kappa shape index (κ1) is 13.8. The molecule has 0 spiro atoms. The van der Waals surface area contributed by atoms with E-state index >= 15 is 0 Å². The summed E-state index contributed by atoms with van der Waals surface area (Å²) in [5.74, 6) is 0. The Morgan fingerprint density at radius 1 is 1.06 bits per heavy atom. The highest BCUT2D eigenvalue weighted by Crippen LogP contribution is 2.24. The number of hydrogen-bond acceptors (Lipinski definition) is 5. The average molecular weight is 236 g/mol. The summed E-state index contributed by atoms with van der Waals surface area (Å²) in [4.78, 5) is 0. The fourth-order valence-electron chi connectivity index (χ4n) is 0.446. The predicted octanol–water partition coefficient (Wildman–Crippen LogP) is 2.60. The highest BCUT2D eigenvalue weighted by atomic mass is 31.1. The van der Waals surface area contributed by atoms with Gasteiger partial charge in [0, 0.05) is 11.1 Å². The van der Waals surface area contributed by atoms with Crippen molar-refractivity contribution >= 4 is 8.25 Å². The summed E-state index contributed by atoms with van der Waals surface area (Å²) in [6.45, 7) is 6.69. The summed E-state index contributed by atoms with van der Waals surface area (Å²) in [5, 5.41) is 16.6. The minimum absolute atomic E-state index is 0.170. The van der Waals surface area contributed by atoms with Crippen molar-refractivity contribution in [2.75, 3.05) is 0 Å². The summed E-state index contributed by atoms with van der Waals surface area (Å²) < 4.78 is 20.2. The maximum absolute atomic E-state index is 11.0. The van der Waals surface area contributed by atoms with Gasteiger partial charge in [0.2, 0.25) is 0 Å². The van der Waals surface area contributed by atoms with Gasteiger partial charge in [-0.3, -0.25) is 0 Å².